The van der Waals surface area contributed by atoms with Crippen LogP contribution in [0.25, 0.3) is 78.8 Å². The van der Waals surface area contributed by atoms with E-state index >= 15 is 0 Å². The van der Waals surface area contributed by atoms with E-state index in [1.54, 1.807) is 27.2 Å². The number of nitrogens with zero attached hydrogens (tertiary/aromatic N) is 12. The maximum Gasteiger partial charge on any atom is 0.393 e. The van der Waals surface area contributed by atoms with Gasteiger partial charge in [0.25, 0.3) is 0 Å². The van der Waals surface area contributed by atoms with E-state index in [0.717, 1.165) is 67.4 Å². The normalized spacial score (nSPS) is 12.0. The van der Waals surface area contributed by atoms with Crippen molar-refractivity contribution in [1.29, 1.82) is 0 Å². The van der Waals surface area contributed by atoms with Crippen LogP contribution in [-0.2, 0) is 39.1 Å². The van der Waals surface area contributed by atoms with Gasteiger partial charge in [0.1, 0.15) is 35.7 Å². The number of H-pyrrole nitrogens is 2. The fourth-order valence-corrected chi connectivity index (χ4v) is 10.8. The highest BCUT2D eigenvalue weighted by molar-refractivity contribution is 14.1. The van der Waals surface area contributed by atoms with Crippen LogP contribution in [0.1, 0.15) is 45.3 Å². The lowest BCUT2D eigenvalue weighted by molar-refractivity contribution is -0.127. The lowest BCUT2D eigenvalue weighted by atomic mass is 9.95. The number of alkyl halides is 3. The molecule has 4 N–H and O–H groups in total. The number of imidazole rings is 2. The van der Waals surface area contributed by atoms with Crippen LogP contribution in [0, 0.1) is 13.8 Å². The molecule has 3 aromatic carbocycles. The second-order valence-electron chi connectivity index (χ2n) is 18.1. The fraction of sp³-hybridized carbons (Fsp3) is 0.164. The summed E-state index contributed by atoms with van der Waals surface area (Å²) in [6.45, 7) is 6.01. The first-order valence-corrected chi connectivity index (χ1v) is 25.8. The van der Waals surface area contributed by atoms with Gasteiger partial charge in [-0.15, -0.1) is 0 Å². The zero-order chi connectivity index (χ0) is 51.8. The van der Waals surface area contributed by atoms with Crippen molar-refractivity contribution < 1.29 is 13.2 Å². The molecule has 0 saturated heterocycles. The first-order chi connectivity index (χ1) is 36.3. The predicted molar refractivity (Wildman–Crippen MR) is 299 cm³/mol. The topological polar surface area (TPSA) is 176 Å². The zero-order valence-corrected chi connectivity index (χ0v) is 44.7. The van der Waals surface area contributed by atoms with Gasteiger partial charge in [-0.3, -0.25) is 9.97 Å². The van der Waals surface area contributed by atoms with Gasteiger partial charge >= 0.3 is 6.18 Å². The Kier molecular flexibility index (Phi) is 14.1. The molecule has 11 aromatic rings. The molecule has 0 aliphatic rings. The van der Waals surface area contributed by atoms with E-state index in [0.29, 0.717) is 77.3 Å². The van der Waals surface area contributed by atoms with Crippen LogP contribution >= 0.6 is 45.7 Å². The van der Waals surface area contributed by atoms with Crippen LogP contribution < -0.4 is 5.73 Å². The Labute approximate surface area is 456 Å². The number of aromatic amines is 2. The largest absolute Gasteiger partial charge is 0.393 e. The van der Waals surface area contributed by atoms with Gasteiger partial charge in [0.15, 0.2) is 11.3 Å². The Morgan fingerprint density at radius 2 is 1.15 bits per heavy atom. The maximum atomic E-state index is 13.5. The second-order valence-corrected chi connectivity index (χ2v) is 20.9. The molecule has 0 aliphatic heterocycles. The predicted octanol–water partition coefficient (Wildman–Crippen LogP) is 11.9. The number of aromatic nitrogens is 12. The molecule has 8 heterocycles. The molecule has 0 amide bonds. The Morgan fingerprint density at radius 3 is 1.87 bits per heavy atom. The third kappa shape index (κ3) is 11.0. The van der Waals surface area contributed by atoms with Crippen molar-refractivity contribution in [1.82, 2.24) is 65.3 Å². The van der Waals surface area contributed by atoms with Gasteiger partial charge in [-0.1, -0.05) is 78.9 Å². The summed E-state index contributed by atoms with van der Waals surface area (Å²) >= 11 is 4.51. The van der Waals surface area contributed by atoms with E-state index in [1.807, 2.05) is 84.0 Å². The van der Waals surface area contributed by atoms with Crippen molar-refractivity contribution in [3.8, 4) is 67.5 Å². The lowest BCUT2D eigenvalue weighted by Gasteiger charge is -2.17. The highest BCUT2D eigenvalue weighted by Crippen LogP contribution is 2.38. The molecule has 0 bridgehead atoms. The van der Waals surface area contributed by atoms with E-state index in [9.17, 15) is 13.2 Å². The Bertz CT molecular complexity index is 3860. The van der Waals surface area contributed by atoms with Crippen molar-refractivity contribution in [3.63, 3.8) is 0 Å². The summed E-state index contributed by atoms with van der Waals surface area (Å²) in [6, 6.07) is 39.1. The first kappa shape index (κ1) is 49.9. The number of rotatable bonds is 16. The summed E-state index contributed by atoms with van der Waals surface area (Å²) in [7, 11) is 0. The maximum absolute atomic E-state index is 13.5. The van der Waals surface area contributed by atoms with Crippen LogP contribution in [0.3, 0.4) is 0 Å². The number of hydrogen-bond donors (Lipinski definition) is 3. The minimum absolute atomic E-state index is 0.239. The molecule has 0 unspecified atom stereocenters. The minimum atomic E-state index is -4.33. The molecule has 0 atom stereocenters. The summed E-state index contributed by atoms with van der Waals surface area (Å²) in [5, 5.41) is 9.05. The van der Waals surface area contributed by atoms with Crippen LogP contribution in [0.5, 0.6) is 0 Å². The quantitative estimate of drug-likeness (QED) is 0.0620. The standard InChI is InChI=1S/C55H46F3I2N15/c1-33-10-9-17-45(66-33)52-51(69-48(70-52)29-72(59)25-37-13-4-3-11-35(37)23-55(56,57)58)41-21-44(54-63-32-65-75(54)28-41)40-20-34(2)67-46(22-40)53-50(39-18-19-49-62-31-64-74(49)27-39)68-47(71-53)30-73(60)26-38-14-6-8-16-43(38)42-15-7-5-12-36(42)24-61/h3-22,27-28,31-32H,23-26,29-30,61H2,1-2H3,(H,68,71)(H,69,70). The van der Waals surface area contributed by atoms with E-state index in [2.05, 4.69) is 116 Å². The number of benzene rings is 3. The minimum Gasteiger partial charge on any atom is -0.340 e. The molecular weight excluding hydrogens is 1180 g/mol. The molecule has 20 heteroatoms. The average Bonchev–Trinajstić information content (AvgIpc) is 4.23. The SMILES string of the molecule is Cc1cccc(-c2nc(CN(I)Cc3ccccc3CC(F)(F)F)[nH]c2-c2cc(-c3cc(C)nc(-c4nc(CN(I)Cc5ccccc5-c5ccccc5CN)[nH]c4-c4ccc5ncnn5c4)c3)c3ncnn3c2)n1. The number of hydrogen-bond acceptors (Lipinski definition) is 11. The molecule has 0 radical (unpaired) electrons. The van der Waals surface area contributed by atoms with Gasteiger partial charge in [-0.2, -0.15) is 23.4 Å². The van der Waals surface area contributed by atoms with Gasteiger partial charge in [0.05, 0.1) is 42.3 Å². The number of fused-ring (bicyclic) bond motifs is 2. The van der Waals surface area contributed by atoms with Crippen molar-refractivity contribution in [2.45, 2.75) is 59.2 Å². The third-order valence-corrected chi connectivity index (χ3v) is 14.1. The smallest absolute Gasteiger partial charge is 0.340 e. The molecule has 0 fully saturated rings. The number of pyridine rings is 4. The van der Waals surface area contributed by atoms with E-state index in [-0.39, 0.29) is 12.1 Å². The summed E-state index contributed by atoms with van der Waals surface area (Å²) in [5.41, 5.74) is 21.6. The molecule has 8 aromatic heterocycles. The summed E-state index contributed by atoms with van der Waals surface area (Å²) in [5.74, 6) is 1.34. The molecule has 11 rings (SSSR count). The van der Waals surface area contributed by atoms with Crippen molar-refractivity contribution in [2.24, 2.45) is 5.73 Å². The first-order valence-electron chi connectivity index (χ1n) is 23.9. The molecule has 75 heavy (non-hydrogen) atoms. The van der Waals surface area contributed by atoms with E-state index < -0.39 is 12.6 Å². The van der Waals surface area contributed by atoms with E-state index in [4.69, 9.17) is 30.7 Å². The fourth-order valence-electron chi connectivity index (χ4n) is 9.43. The molecule has 0 saturated carbocycles. The number of nitrogens with one attached hydrogen (secondary N) is 2. The van der Waals surface area contributed by atoms with Gasteiger partial charge in [0.2, 0.25) is 0 Å². The Hall–Kier alpha value is -7.25. The van der Waals surface area contributed by atoms with E-state index in [1.165, 1.54) is 18.7 Å². The third-order valence-electron chi connectivity index (χ3n) is 12.8. The molecule has 0 spiro atoms. The highest BCUT2D eigenvalue weighted by atomic mass is 127. The molecule has 15 nitrogen and oxygen atoms in total. The summed E-state index contributed by atoms with van der Waals surface area (Å²) in [4.78, 5) is 36.7. The zero-order valence-electron chi connectivity index (χ0n) is 40.4. The number of nitrogens with two attached hydrogens (primary N) is 1. The van der Waals surface area contributed by atoms with Crippen LogP contribution in [0.15, 0.2) is 146 Å². The van der Waals surface area contributed by atoms with Crippen molar-refractivity contribution in [2.75, 3.05) is 0 Å². The lowest BCUT2D eigenvalue weighted by Crippen LogP contribution is -2.17. The summed E-state index contributed by atoms with van der Waals surface area (Å²) in [6.07, 6.45) is 1.54. The van der Waals surface area contributed by atoms with Crippen molar-refractivity contribution in [3.05, 3.63) is 192 Å². The van der Waals surface area contributed by atoms with Gasteiger partial charge in [0, 0.05) is 106 Å². The monoisotopic (exact) mass is 1230 g/mol. The Balaban J connectivity index is 0.964. The van der Waals surface area contributed by atoms with Crippen molar-refractivity contribution >= 4 is 57.0 Å². The molecular formula is C55H46F3I2N15. The van der Waals surface area contributed by atoms with Crippen LogP contribution in [0.2, 0.25) is 0 Å². The molecule has 376 valence electrons. The van der Waals surface area contributed by atoms with Crippen LogP contribution in [0.4, 0.5) is 13.2 Å². The highest BCUT2D eigenvalue weighted by Gasteiger charge is 2.29. The van der Waals surface area contributed by atoms with Gasteiger partial charge in [-0.05, 0) is 95.3 Å². The Morgan fingerprint density at radius 1 is 0.547 bits per heavy atom. The number of aryl methyl sites for hydroxylation is 2. The van der Waals surface area contributed by atoms with Gasteiger partial charge in [-0.25, -0.2) is 35.2 Å². The second kappa shape index (κ2) is 21.2. The number of halogens is 5. The van der Waals surface area contributed by atoms with Gasteiger partial charge < -0.3 is 15.7 Å². The summed E-state index contributed by atoms with van der Waals surface area (Å²) < 4.78 is 48.2. The van der Waals surface area contributed by atoms with Crippen LogP contribution in [-0.4, -0.2) is 71.5 Å². The molecule has 0 aliphatic carbocycles. The average molecular weight is 1230 g/mol.